The van der Waals surface area contributed by atoms with Crippen molar-refractivity contribution in [1.29, 1.82) is 0 Å². The summed E-state index contributed by atoms with van der Waals surface area (Å²) >= 11 is 0. The van der Waals surface area contributed by atoms with E-state index in [-0.39, 0.29) is 17.2 Å². The number of nitrogens with one attached hydrogen (secondary N) is 1. The molecule has 0 fully saturated rings. The SMILES string of the molecule is CC(C)c1c[nH]c(=O)n(C)c1=O. The molecule has 0 amide bonds. The van der Waals surface area contributed by atoms with Gasteiger partial charge in [0, 0.05) is 18.8 Å². The molecule has 4 heteroatoms. The summed E-state index contributed by atoms with van der Waals surface area (Å²) in [6.07, 6.45) is 1.48. The van der Waals surface area contributed by atoms with Crippen LogP contribution in [-0.4, -0.2) is 9.55 Å². The Hall–Kier alpha value is -1.32. The quantitative estimate of drug-likeness (QED) is 0.651. The van der Waals surface area contributed by atoms with E-state index in [9.17, 15) is 9.59 Å². The number of hydrogen-bond donors (Lipinski definition) is 1. The second-order valence-electron chi connectivity index (χ2n) is 3.07. The Morgan fingerprint density at radius 3 is 2.50 bits per heavy atom. The van der Waals surface area contributed by atoms with Crippen molar-refractivity contribution in [3.8, 4) is 0 Å². The molecule has 1 heterocycles. The highest BCUT2D eigenvalue weighted by atomic mass is 16.2. The van der Waals surface area contributed by atoms with Gasteiger partial charge in [-0.1, -0.05) is 13.8 Å². The Morgan fingerprint density at radius 2 is 2.00 bits per heavy atom. The Labute approximate surface area is 69.9 Å². The fraction of sp³-hybridized carbons (Fsp3) is 0.500. The van der Waals surface area contributed by atoms with Gasteiger partial charge in [-0.25, -0.2) is 4.79 Å². The predicted molar refractivity (Wildman–Crippen MR) is 46.4 cm³/mol. The number of aromatic nitrogens is 2. The maximum atomic E-state index is 11.4. The van der Waals surface area contributed by atoms with Crippen LogP contribution in [0.3, 0.4) is 0 Å². The topological polar surface area (TPSA) is 54.9 Å². The van der Waals surface area contributed by atoms with Gasteiger partial charge in [0.15, 0.2) is 0 Å². The van der Waals surface area contributed by atoms with Crippen molar-refractivity contribution < 1.29 is 0 Å². The second-order valence-corrected chi connectivity index (χ2v) is 3.07. The molecule has 0 unspecified atom stereocenters. The van der Waals surface area contributed by atoms with Gasteiger partial charge in [-0.05, 0) is 5.92 Å². The maximum absolute atomic E-state index is 11.4. The molecular weight excluding hydrogens is 156 g/mol. The number of hydrogen-bond acceptors (Lipinski definition) is 2. The smallest absolute Gasteiger partial charge is 0.314 e. The summed E-state index contributed by atoms with van der Waals surface area (Å²) in [5, 5.41) is 0. The van der Waals surface area contributed by atoms with Crippen LogP contribution in [0.5, 0.6) is 0 Å². The molecule has 0 aromatic carbocycles. The zero-order chi connectivity index (χ0) is 9.30. The second kappa shape index (κ2) is 2.97. The van der Waals surface area contributed by atoms with E-state index in [1.165, 1.54) is 13.2 Å². The fourth-order valence-electron chi connectivity index (χ4n) is 0.998. The van der Waals surface area contributed by atoms with Crippen LogP contribution in [0.4, 0.5) is 0 Å². The van der Waals surface area contributed by atoms with Crippen molar-refractivity contribution in [3.05, 3.63) is 32.6 Å². The maximum Gasteiger partial charge on any atom is 0.328 e. The first kappa shape index (κ1) is 8.77. The Morgan fingerprint density at radius 1 is 1.42 bits per heavy atom. The zero-order valence-corrected chi connectivity index (χ0v) is 7.42. The van der Waals surface area contributed by atoms with Gasteiger partial charge in [-0.2, -0.15) is 0 Å². The Balaban J connectivity index is 3.48. The molecule has 1 aromatic heterocycles. The molecule has 1 aromatic rings. The minimum atomic E-state index is -0.371. The molecule has 1 N–H and O–H groups in total. The van der Waals surface area contributed by atoms with Crippen LogP contribution in [-0.2, 0) is 7.05 Å². The summed E-state index contributed by atoms with van der Waals surface area (Å²) in [7, 11) is 1.47. The van der Waals surface area contributed by atoms with E-state index in [0.29, 0.717) is 5.56 Å². The molecule has 4 nitrogen and oxygen atoms in total. The molecule has 1 rings (SSSR count). The van der Waals surface area contributed by atoms with Gasteiger partial charge in [0.25, 0.3) is 5.56 Å². The van der Waals surface area contributed by atoms with Crippen molar-refractivity contribution in [3.63, 3.8) is 0 Å². The van der Waals surface area contributed by atoms with Gasteiger partial charge < -0.3 is 4.98 Å². The molecule has 12 heavy (non-hydrogen) atoms. The van der Waals surface area contributed by atoms with Crippen LogP contribution in [0.2, 0.25) is 0 Å². The first-order valence-corrected chi connectivity index (χ1v) is 3.82. The van der Waals surface area contributed by atoms with Crippen LogP contribution < -0.4 is 11.2 Å². The molecule has 0 saturated heterocycles. The molecule has 0 spiro atoms. The van der Waals surface area contributed by atoms with Crippen LogP contribution in [0.15, 0.2) is 15.8 Å². The lowest BCUT2D eigenvalue weighted by molar-refractivity contribution is 0.723. The van der Waals surface area contributed by atoms with Gasteiger partial charge in [0.05, 0.1) is 0 Å². The van der Waals surface area contributed by atoms with Crippen molar-refractivity contribution in [1.82, 2.24) is 9.55 Å². The van der Waals surface area contributed by atoms with E-state index >= 15 is 0 Å². The molecule has 0 aliphatic heterocycles. The van der Waals surface area contributed by atoms with Gasteiger partial charge in [0.1, 0.15) is 0 Å². The van der Waals surface area contributed by atoms with E-state index < -0.39 is 0 Å². The summed E-state index contributed by atoms with van der Waals surface area (Å²) in [6.45, 7) is 3.82. The monoisotopic (exact) mass is 168 g/mol. The van der Waals surface area contributed by atoms with Crippen molar-refractivity contribution in [2.45, 2.75) is 19.8 Å². The third kappa shape index (κ3) is 1.32. The molecule has 0 aliphatic carbocycles. The van der Waals surface area contributed by atoms with E-state index in [1.807, 2.05) is 13.8 Å². The van der Waals surface area contributed by atoms with E-state index in [1.54, 1.807) is 0 Å². The molecule has 0 radical (unpaired) electrons. The molecular formula is C8H12N2O2. The third-order valence-electron chi connectivity index (χ3n) is 1.83. The van der Waals surface area contributed by atoms with E-state index in [0.717, 1.165) is 4.57 Å². The van der Waals surface area contributed by atoms with E-state index in [2.05, 4.69) is 4.98 Å². The average molecular weight is 168 g/mol. The van der Waals surface area contributed by atoms with Crippen molar-refractivity contribution in [2.75, 3.05) is 0 Å². The number of aromatic amines is 1. The number of H-pyrrole nitrogens is 1. The molecule has 0 atom stereocenters. The summed E-state index contributed by atoms with van der Waals surface area (Å²) in [5.41, 5.74) is 0.0512. The van der Waals surface area contributed by atoms with Gasteiger partial charge in [0.2, 0.25) is 0 Å². The molecule has 0 bridgehead atoms. The van der Waals surface area contributed by atoms with Gasteiger partial charge >= 0.3 is 5.69 Å². The van der Waals surface area contributed by atoms with Gasteiger partial charge in [-0.15, -0.1) is 0 Å². The largest absolute Gasteiger partial charge is 0.328 e. The third-order valence-corrected chi connectivity index (χ3v) is 1.83. The normalized spacial score (nSPS) is 10.7. The Kier molecular flexibility index (Phi) is 2.17. The molecule has 66 valence electrons. The summed E-state index contributed by atoms with van der Waals surface area (Å²) in [5.74, 6) is 0.139. The first-order chi connectivity index (χ1) is 5.54. The highest BCUT2D eigenvalue weighted by molar-refractivity contribution is 5.08. The Bertz CT molecular complexity index is 387. The summed E-state index contributed by atoms with van der Waals surface area (Å²) < 4.78 is 1.08. The van der Waals surface area contributed by atoms with Crippen molar-refractivity contribution >= 4 is 0 Å². The van der Waals surface area contributed by atoms with Crippen molar-refractivity contribution in [2.24, 2.45) is 7.05 Å². The average Bonchev–Trinajstić information content (AvgIpc) is 2.00. The van der Waals surface area contributed by atoms with Crippen LogP contribution >= 0.6 is 0 Å². The lowest BCUT2D eigenvalue weighted by atomic mass is 10.1. The van der Waals surface area contributed by atoms with Crippen LogP contribution in [0.1, 0.15) is 25.3 Å². The van der Waals surface area contributed by atoms with Crippen LogP contribution in [0.25, 0.3) is 0 Å². The standard InChI is InChI=1S/C8H12N2O2/c1-5(2)6-4-9-8(12)10(3)7(6)11/h4-5H,1-3H3,(H,9,12). The molecule has 0 saturated carbocycles. The summed E-state index contributed by atoms with van der Waals surface area (Å²) in [6, 6.07) is 0. The number of rotatable bonds is 1. The minimum Gasteiger partial charge on any atom is -0.314 e. The minimum absolute atomic E-state index is 0.139. The highest BCUT2D eigenvalue weighted by Gasteiger charge is 2.06. The lowest BCUT2D eigenvalue weighted by Gasteiger charge is -2.04. The fourth-order valence-corrected chi connectivity index (χ4v) is 0.998. The van der Waals surface area contributed by atoms with E-state index in [4.69, 9.17) is 0 Å². The highest BCUT2D eigenvalue weighted by Crippen LogP contribution is 2.05. The zero-order valence-electron chi connectivity index (χ0n) is 7.42. The van der Waals surface area contributed by atoms with Crippen LogP contribution in [0, 0.1) is 0 Å². The lowest BCUT2D eigenvalue weighted by Crippen LogP contribution is -2.34. The number of nitrogens with zero attached hydrogens (tertiary/aromatic N) is 1. The first-order valence-electron chi connectivity index (χ1n) is 3.82. The molecule has 0 aliphatic rings. The van der Waals surface area contributed by atoms with Gasteiger partial charge in [-0.3, -0.25) is 9.36 Å². The summed E-state index contributed by atoms with van der Waals surface area (Å²) in [4.78, 5) is 24.8. The predicted octanol–water partition coefficient (Wildman–Crippen LogP) is 0.197.